The Morgan fingerprint density at radius 3 is 2.54 bits per heavy atom. The van der Waals surface area contributed by atoms with Crippen LogP contribution in [0.4, 0.5) is 0 Å². The van der Waals surface area contributed by atoms with E-state index in [2.05, 4.69) is 14.5 Å². The van der Waals surface area contributed by atoms with Crippen molar-refractivity contribution < 1.29 is 29.2 Å². The molecule has 0 amide bonds. The van der Waals surface area contributed by atoms with E-state index in [1.54, 1.807) is 0 Å². The second-order valence-corrected chi connectivity index (χ2v) is 1.89. The number of hydrogen-bond donors (Lipinski definition) is 1. The van der Waals surface area contributed by atoms with Gasteiger partial charge >= 0.3 is 11.9 Å². The number of carboxylic acids is 1. The van der Waals surface area contributed by atoms with Crippen LogP contribution >= 0.6 is 0 Å². The minimum absolute atomic E-state index is 0.100. The van der Waals surface area contributed by atoms with Gasteiger partial charge < -0.3 is 9.84 Å². The summed E-state index contributed by atoms with van der Waals surface area (Å²) in [4.78, 5) is 29.0. The zero-order valence-corrected chi connectivity index (χ0v) is 7.06. The maximum atomic E-state index is 10.6. The standard InChI is InChI=1S/C7H10O6/c1-11-4-5-12-13-7(10)3-2-6(8)9/h2-3H,4-5H2,1H3,(H,8,9)/b3-2-. The van der Waals surface area contributed by atoms with Gasteiger partial charge in [-0.05, 0) is 0 Å². The third-order valence-electron chi connectivity index (χ3n) is 0.874. The van der Waals surface area contributed by atoms with Crippen LogP contribution in [-0.4, -0.2) is 37.4 Å². The minimum Gasteiger partial charge on any atom is -0.478 e. The first-order valence-electron chi connectivity index (χ1n) is 3.40. The van der Waals surface area contributed by atoms with Gasteiger partial charge in [0.05, 0.1) is 6.61 Å². The van der Waals surface area contributed by atoms with Gasteiger partial charge in [-0.2, -0.15) is 4.89 Å². The summed E-state index contributed by atoms with van der Waals surface area (Å²) in [6.07, 6.45) is 1.40. The van der Waals surface area contributed by atoms with Crippen LogP contribution in [0.5, 0.6) is 0 Å². The van der Waals surface area contributed by atoms with E-state index < -0.39 is 11.9 Å². The van der Waals surface area contributed by atoms with Crippen LogP contribution in [0.25, 0.3) is 0 Å². The van der Waals surface area contributed by atoms with Gasteiger partial charge in [0.1, 0.15) is 6.61 Å². The highest BCUT2D eigenvalue weighted by atomic mass is 17.2. The van der Waals surface area contributed by atoms with Gasteiger partial charge in [0.2, 0.25) is 0 Å². The fourth-order valence-corrected chi connectivity index (χ4v) is 0.384. The molecular weight excluding hydrogens is 180 g/mol. The zero-order chi connectivity index (χ0) is 10.1. The molecule has 74 valence electrons. The molecule has 0 aromatic rings. The molecule has 0 rings (SSSR count). The Morgan fingerprint density at radius 2 is 2.00 bits per heavy atom. The molecule has 0 saturated carbocycles. The van der Waals surface area contributed by atoms with Crippen molar-refractivity contribution in [1.29, 1.82) is 0 Å². The van der Waals surface area contributed by atoms with Crippen molar-refractivity contribution in [3.63, 3.8) is 0 Å². The van der Waals surface area contributed by atoms with E-state index in [1.807, 2.05) is 0 Å². The molecule has 0 saturated heterocycles. The summed E-state index contributed by atoms with van der Waals surface area (Å²) in [5.41, 5.74) is 0. The van der Waals surface area contributed by atoms with E-state index in [9.17, 15) is 9.59 Å². The molecule has 0 bridgehead atoms. The van der Waals surface area contributed by atoms with E-state index in [0.717, 1.165) is 6.08 Å². The Balaban J connectivity index is 3.46. The number of aliphatic carboxylic acids is 1. The molecule has 6 heteroatoms. The van der Waals surface area contributed by atoms with E-state index in [4.69, 9.17) is 5.11 Å². The third kappa shape index (κ3) is 8.51. The molecule has 0 heterocycles. The average molecular weight is 190 g/mol. The van der Waals surface area contributed by atoms with Crippen LogP contribution in [0.15, 0.2) is 12.2 Å². The topological polar surface area (TPSA) is 82.1 Å². The van der Waals surface area contributed by atoms with Crippen molar-refractivity contribution in [3.8, 4) is 0 Å². The lowest BCUT2D eigenvalue weighted by molar-refractivity contribution is -0.271. The first kappa shape index (κ1) is 11.6. The second-order valence-electron chi connectivity index (χ2n) is 1.89. The number of ether oxygens (including phenoxy) is 1. The summed E-state index contributed by atoms with van der Waals surface area (Å²) in [5.74, 6) is -2.10. The highest BCUT2D eigenvalue weighted by Crippen LogP contribution is 1.84. The van der Waals surface area contributed by atoms with Crippen molar-refractivity contribution in [2.24, 2.45) is 0 Å². The summed E-state index contributed by atoms with van der Waals surface area (Å²) in [7, 11) is 1.47. The fraction of sp³-hybridized carbons (Fsp3) is 0.429. The number of carboxylic acid groups (broad SMARTS) is 1. The highest BCUT2D eigenvalue weighted by molar-refractivity contribution is 5.90. The first-order chi connectivity index (χ1) is 6.16. The second kappa shape index (κ2) is 7.26. The van der Waals surface area contributed by atoms with E-state index in [-0.39, 0.29) is 13.2 Å². The van der Waals surface area contributed by atoms with Gasteiger partial charge in [-0.25, -0.2) is 9.59 Å². The van der Waals surface area contributed by atoms with Crippen LogP contribution < -0.4 is 0 Å². The van der Waals surface area contributed by atoms with Crippen molar-refractivity contribution in [2.75, 3.05) is 20.3 Å². The number of rotatable bonds is 6. The molecule has 0 aromatic carbocycles. The normalized spacial score (nSPS) is 10.2. The van der Waals surface area contributed by atoms with Crippen LogP contribution in [0.1, 0.15) is 0 Å². The summed E-state index contributed by atoms with van der Waals surface area (Å²) < 4.78 is 4.59. The van der Waals surface area contributed by atoms with Crippen LogP contribution in [0.3, 0.4) is 0 Å². The molecule has 0 atom stereocenters. The maximum Gasteiger partial charge on any atom is 0.366 e. The van der Waals surface area contributed by atoms with E-state index in [0.29, 0.717) is 6.08 Å². The monoisotopic (exact) mass is 190 g/mol. The Labute approximate surface area is 74.6 Å². The molecule has 6 nitrogen and oxygen atoms in total. The molecule has 0 aliphatic rings. The van der Waals surface area contributed by atoms with Crippen LogP contribution in [-0.2, 0) is 24.1 Å². The molecular formula is C7H10O6. The van der Waals surface area contributed by atoms with Gasteiger partial charge in [-0.3, -0.25) is 4.89 Å². The Morgan fingerprint density at radius 1 is 1.31 bits per heavy atom. The van der Waals surface area contributed by atoms with Crippen LogP contribution in [0, 0.1) is 0 Å². The Hall–Kier alpha value is -1.40. The molecule has 0 radical (unpaired) electrons. The summed E-state index contributed by atoms with van der Waals surface area (Å²) in [5, 5.41) is 8.12. The van der Waals surface area contributed by atoms with Gasteiger partial charge in [0, 0.05) is 19.3 Å². The number of hydrogen-bond acceptors (Lipinski definition) is 5. The molecule has 13 heavy (non-hydrogen) atoms. The van der Waals surface area contributed by atoms with Crippen molar-refractivity contribution >= 4 is 11.9 Å². The fourth-order valence-electron chi connectivity index (χ4n) is 0.384. The number of carbonyl (C=O) groups excluding carboxylic acids is 1. The van der Waals surface area contributed by atoms with Crippen molar-refractivity contribution in [3.05, 3.63) is 12.2 Å². The lowest BCUT2D eigenvalue weighted by atomic mass is 10.5. The lowest BCUT2D eigenvalue weighted by Gasteiger charge is -1.98. The predicted octanol–water partition coefficient (Wildman–Crippen LogP) is -0.252. The highest BCUT2D eigenvalue weighted by Gasteiger charge is 1.98. The number of carbonyl (C=O) groups is 2. The van der Waals surface area contributed by atoms with E-state index in [1.165, 1.54) is 7.11 Å². The molecule has 0 aromatic heterocycles. The average Bonchev–Trinajstić information content (AvgIpc) is 2.09. The molecule has 0 aliphatic carbocycles. The van der Waals surface area contributed by atoms with Crippen LogP contribution in [0.2, 0.25) is 0 Å². The summed E-state index contributed by atoms with van der Waals surface area (Å²) in [6.45, 7) is 0.388. The van der Waals surface area contributed by atoms with Crippen molar-refractivity contribution in [1.82, 2.24) is 0 Å². The van der Waals surface area contributed by atoms with E-state index >= 15 is 0 Å². The largest absolute Gasteiger partial charge is 0.478 e. The summed E-state index contributed by atoms with van der Waals surface area (Å²) in [6, 6.07) is 0. The SMILES string of the molecule is COCCOOC(=O)/C=C\C(=O)O. The lowest BCUT2D eigenvalue weighted by Crippen LogP contribution is -2.07. The van der Waals surface area contributed by atoms with Crippen molar-refractivity contribution in [2.45, 2.75) is 0 Å². The summed E-state index contributed by atoms with van der Waals surface area (Å²) >= 11 is 0. The minimum atomic E-state index is -1.23. The molecule has 0 aliphatic heterocycles. The molecule has 0 fully saturated rings. The zero-order valence-electron chi connectivity index (χ0n) is 7.06. The molecule has 0 unspecified atom stereocenters. The van der Waals surface area contributed by atoms with Gasteiger partial charge in [-0.1, -0.05) is 0 Å². The molecule has 1 N–H and O–H groups in total. The molecule has 0 spiro atoms. The number of methoxy groups -OCH3 is 1. The maximum absolute atomic E-state index is 10.6. The van der Waals surface area contributed by atoms with Gasteiger partial charge in [0.25, 0.3) is 0 Å². The third-order valence-corrected chi connectivity index (χ3v) is 0.874. The Bertz CT molecular complexity index is 197. The Kier molecular flexibility index (Phi) is 6.48. The van der Waals surface area contributed by atoms with Gasteiger partial charge in [0.15, 0.2) is 0 Å². The smallest absolute Gasteiger partial charge is 0.366 e. The van der Waals surface area contributed by atoms with Gasteiger partial charge in [-0.15, -0.1) is 0 Å². The quantitative estimate of drug-likeness (QED) is 0.269. The predicted molar refractivity (Wildman–Crippen MR) is 40.7 cm³/mol. The first-order valence-corrected chi connectivity index (χ1v) is 3.40.